The molecule has 1 aromatic heterocycles. The Kier molecular flexibility index (Phi) is 5.48. The number of β-amino-alcohol motifs (C(OH)–C–C–N with tert-alkyl or cyclic N) is 2. The van der Waals surface area contributed by atoms with Gasteiger partial charge in [0.15, 0.2) is 5.82 Å². The van der Waals surface area contributed by atoms with Crippen LogP contribution in [-0.4, -0.2) is 82.4 Å². The molecule has 10 heteroatoms. The molecular formula is C20H28N4O5S. The maximum atomic E-state index is 12.9. The second kappa shape index (κ2) is 7.69. The number of piperidine rings is 1. The molecule has 3 heterocycles. The fourth-order valence-corrected chi connectivity index (χ4v) is 5.80. The molecule has 0 radical (unpaired) electrons. The van der Waals surface area contributed by atoms with E-state index in [1.165, 1.54) is 16.4 Å². The minimum absolute atomic E-state index is 0.124. The van der Waals surface area contributed by atoms with Gasteiger partial charge in [-0.1, -0.05) is 30.3 Å². The topological polar surface area (TPSA) is 120 Å². The molecule has 2 fully saturated rings. The molecule has 30 heavy (non-hydrogen) atoms. The van der Waals surface area contributed by atoms with E-state index in [4.69, 9.17) is 4.52 Å². The third kappa shape index (κ3) is 3.90. The summed E-state index contributed by atoms with van der Waals surface area (Å²) in [4.78, 5) is 6.59. The van der Waals surface area contributed by atoms with Gasteiger partial charge in [0.1, 0.15) is 5.60 Å². The molecule has 9 nitrogen and oxygen atoms in total. The van der Waals surface area contributed by atoms with Crippen LogP contribution in [0.5, 0.6) is 0 Å². The molecule has 2 saturated heterocycles. The van der Waals surface area contributed by atoms with Crippen LogP contribution in [0.25, 0.3) is 0 Å². The Morgan fingerprint density at radius 3 is 2.50 bits per heavy atom. The van der Waals surface area contributed by atoms with E-state index < -0.39 is 21.7 Å². The molecule has 2 N–H and O–H groups in total. The van der Waals surface area contributed by atoms with E-state index in [0.717, 1.165) is 12.8 Å². The van der Waals surface area contributed by atoms with E-state index in [9.17, 15) is 18.6 Å². The lowest BCUT2D eigenvalue weighted by Gasteiger charge is -2.40. The molecule has 0 saturated carbocycles. The van der Waals surface area contributed by atoms with Crippen LogP contribution in [-0.2, 0) is 15.4 Å². The number of likely N-dealkylation sites (tertiary alicyclic amines) is 1. The minimum atomic E-state index is -3.77. The third-order valence-corrected chi connectivity index (χ3v) is 8.15. The smallest absolute Gasteiger partial charge is 0.243 e. The van der Waals surface area contributed by atoms with Gasteiger partial charge in [-0.3, -0.25) is 0 Å². The normalized spacial score (nSPS) is 28.1. The lowest BCUT2D eigenvalue weighted by Crippen LogP contribution is -2.54. The van der Waals surface area contributed by atoms with Crippen molar-refractivity contribution >= 4 is 10.0 Å². The summed E-state index contributed by atoms with van der Waals surface area (Å²) in [7, 11) is -3.77. The quantitative estimate of drug-likeness (QED) is 0.696. The highest BCUT2D eigenvalue weighted by Crippen LogP contribution is 2.35. The molecule has 0 spiro atoms. The Bertz CT molecular complexity index is 988. The molecule has 1 aromatic carbocycles. The van der Waals surface area contributed by atoms with Crippen molar-refractivity contribution in [3.63, 3.8) is 0 Å². The fraction of sp³-hybridized carbons (Fsp3) is 0.600. The molecule has 2 aliphatic heterocycles. The number of nitrogens with zero attached hydrogens (tertiary/aromatic N) is 4. The standard InChI is InChI=1S/C20H28N4O5S/c1-15-21-18(29-22-15)19(2)8-10-23(11-9-19)13-20(26)14-24(12-17(20)25)30(27,28)16-6-4-3-5-7-16/h3-7,17,25-26H,8-14H2,1-2H3/t17-,20+/m1/s1. The number of aromatic nitrogens is 2. The zero-order chi connectivity index (χ0) is 21.6. The number of hydrogen-bond acceptors (Lipinski definition) is 8. The molecule has 2 aromatic rings. The molecular weight excluding hydrogens is 408 g/mol. The predicted molar refractivity (Wildman–Crippen MR) is 108 cm³/mol. The van der Waals surface area contributed by atoms with Gasteiger partial charge >= 0.3 is 0 Å². The maximum absolute atomic E-state index is 12.9. The number of aliphatic hydroxyl groups excluding tert-OH is 1. The summed E-state index contributed by atoms with van der Waals surface area (Å²) in [5.41, 5.74) is -1.74. The van der Waals surface area contributed by atoms with Crippen LogP contribution in [0.15, 0.2) is 39.8 Å². The van der Waals surface area contributed by atoms with Crippen LogP contribution in [0, 0.1) is 6.92 Å². The average Bonchev–Trinajstić information content (AvgIpc) is 3.29. The van der Waals surface area contributed by atoms with Crippen molar-refractivity contribution in [3.8, 4) is 0 Å². The number of sulfonamides is 1. The maximum Gasteiger partial charge on any atom is 0.243 e. The predicted octanol–water partition coefficient (Wildman–Crippen LogP) is 0.528. The van der Waals surface area contributed by atoms with Crippen molar-refractivity contribution in [1.29, 1.82) is 0 Å². The zero-order valence-electron chi connectivity index (χ0n) is 17.2. The van der Waals surface area contributed by atoms with Crippen molar-refractivity contribution in [2.45, 2.75) is 48.7 Å². The third-order valence-electron chi connectivity index (χ3n) is 6.33. The highest BCUT2D eigenvalue weighted by atomic mass is 32.2. The van der Waals surface area contributed by atoms with Crippen LogP contribution < -0.4 is 0 Å². The van der Waals surface area contributed by atoms with Crippen molar-refractivity contribution in [3.05, 3.63) is 42.0 Å². The summed E-state index contributed by atoms with van der Waals surface area (Å²) in [5, 5.41) is 25.5. The van der Waals surface area contributed by atoms with Gasteiger partial charge in [-0.15, -0.1) is 0 Å². The first-order chi connectivity index (χ1) is 14.1. The van der Waals surface area contributed by atoms with Crippen LogP contribution in [0.4, 0.5) is 0 Å². The molecule has 0 amide bonds. The highest BCUT2D eigenvalue weighted by Gasteiger charge is 2.50. The van der Waals surface area contributed by atoms with Gasteiger partial charge in [0, 0.05) is 25.0 Å². The summed E-state index contributed by atoms with van der Waals surface area (Å²) in [5.74, 6) is 1.23. The van der Waals surface area contributed by atoms with Gasteiger partial charge in [0.25, 0.3) is 0 Å². The summed E-state index contributed by atoms with van der Waals surface area (Å²) in [6.07, 6.45) is 0.391. The number of rotatable bonds is 5. The number of hydrogen-bond donors (Lipinski definition) is 2. The van der Waals surface area contributed by atoms with Crippen LogP contribution in [0.2, 0.25) is 0 Å². The summed E-state index contributed by atoms with van der Waals surface area (Å²) in [6.45, 7) is 5.18. The molecule has 0 bridgehead atoms. The van der Waals surface area contributed by atoms with Crippen molar-refractivity contribution in [2.75, 3.05) is 32.7 Å². The van der Waals surface area contributed by atoms with Gasteiger partial charge in [-0.05, 0) is 45.0 Å². The molecule has 2 atom stereocenters. The number of aliphatic hydroxyl groups is 2. The Morgan fingerprint density at radius 2 is 1.90 bits per heavy atom. The molecule has 2 aliphatic rings. The molecule has 164 valence electrons. The van der Waals surface area contributed by atoms with E-state index in [0.29, 0.717) is 24.8 Å². The Hall–Kier alpha value is -1.85. The van der Waals surface area contributed by atoms with Crippen molar-refractivity contribution in [1.82, 2.24) is 19.3 Å². The van der Waals surface area contributed by atoms with Crippen LogP contribution >= 0.6 is 0 Å². The largest absolute Gasteiger partial charge is 0.389 e. The fourth-order valence-electron chi connectivity index (χ4n) is 4.27. The van der Waals surface area contributed by atoms with Crippen molar-refractivity contribution in [2.24, 2.45) is 0 Å². The first kappa shape index (κ1) is 21.4. The SMILES string of the molecule is Cc1noc(C2(C)CCN(C[C@]3(O)CN(S(=O)(=O)c4ccccc4)C[C@H]3O)CC2)n1. The van der Waals surface area contributed by atoms with E-state index >= 15 is 0 Å². The Balaban J connectivity index is 1.41. The van der Waals surface area contributed by atoms with E-state index in [-0.39, 0.29) is 29.9 Å². The monoisotopic (exact) mass is 436 g/mol. The minimum Gasteiger partial charge on any atom is -0.389 e. The van der Waals surface area contributed by atoms with Gasteiger partial charge < -0.3 is 19.6 Å². The first-order valence-corrected chi connectivity index (χ1v) is 11.6. The Morgan fingerprint density at radius 1 is 1.23 bits per heavy atom. The van der Waals surface area contributed by atoms with Gasteiger partial charge in [0.2, 0.25) is 15.9 Å². The lowest BCUT2D eigenvalue weighted by molar-refractivity contribution is -0.0664. The summed E-state index contributed by atoms with van der Waals surface area (Å²) in [6, 6.07) is 8.09. The van der Waals surface area contributed by atoms with Crippen molar-refractivity contribution < 1.29 is 23.2 Å². The zero-order valence-corrected chi connectivity index (χ0v) is 18.0. The van der Waals surface area contributed by atoms with E-state index in [1.807, 2.05) is 0 Å². The Labute approximate surface area is 176 Å². The van der Waals surface area contributed by atoms with E-state index in [2.05, 4.69) is 22.0 Å². The van der Waals surface area contributed by atoms with Crippen LogP contribution in [0.3, 0.4) is 0 Å². The second-order valence-corrected chi connectivity index (χ2v) is 10.7. The molecule has 4 rings (SSSR count). The van der Waals surface area contributed by atoms with Crippen LogP contribution in [0.1, 0.15) is 31.5 Å². The lowest BCUT2D eigenvalue weighted by atomic mass is 9.80. The highest BCUT2D eigenvalue weighted by molar-refractivity contribution is 7.89. The number of benzene rings is 1. The van der Waals surface area contributed by atoms with E-state index in [1.54, 1.807) is 25.1 Å². The molecule has 0 unspecified atom stereocenters. The van der Waals surface area contributed by atoms with Gasteiger partial charge in [-0.2, -0.15) is 9.29 Å². The summed E-state index contributed by atoms with van der Waals surface area (Å²) >= 11 is 0. The average molecular weight is 437 g/mol. The molecule has 0 aliphatic carbocycles. The summed E-state index contributed by atoms with van der Waals surface area (Å²) < 4.78 is 32.3. The van der Waals surface area contributed by atoms with Gasteiger partial charge in [0.05, 0.1) is 11.0 Å². The van der Waals surface area contributed by atoms with Gasteiger partial charge in [-0.25, -0.2) is 8.42 Å². The second-order valence-electron chi connectivity index (χ2n) is 8.71. The number of aryl methyl sites for hydroxylation is 1. The first-order valence-electron chi connectivity index (χ1n) is 10.1.